The molecule has 0 amide bonds. The number of rotatable bonds is 2. The van der Waals surface area contributed by atoms with E-state index in [4.69, 9.17) is 11.6 Å². The van der Waals surface area contributed by atoms with Gasteiger partial charge >= 0.3 is 6.18 Å². The van der Waals surface area contributed by atoms with Crippen molar-refractivity contribution in [1.29, 1.82) is 0 Å². The summed E-state index contributed by atoms with van der Waals surface area (Å²) in [6, 6.07) is 4.61. The van der Waals surface area contributed by atoms with Gasteiger partial charge in [-0.05, 0) is 24.6 Å². The van der Waals surface area contributed by atoms with Crippen molar-refractivity contribution in [3.8, 4) is 5.75 Å². The maximum absolute atomic E-state index is 11.8. The molecule has 78 valence electrons. The Morgan fingerprint density at radius 1 is 1.36 bits per heavy atom. The molecule has 5 heteroatoms. The monoisotopic (exact) mass is 224 g/mol. The van der Waals surface area contributed by atoms with Crippen molar-refractivity contribution < 1.29 is 17.9 Å². The maximum atomic E-state index is 11.8. The van der Waals surface area contributed by atoms with Gasteiger partial charge in [0, 0.05) is 0 Å². The minimum Gasteiger partial charge on any atom is -0.483 e. The van der Waals surface area contributed by atoms with Crippen LogP contribution in [0.4, 0.5) is 13.2 Å². The topological polar surface area (TPSA) is 9.23 Å². The zero-order chi connectivity index (χ0) is 10.8. The van der Waals surface area contributed by atoms with Gasteiger partial charge in [-0.15, -0.1) is 0 Å². The van der Waals surface area contributed by atoms with E-state index in [1.807, 2.05) is 0 Å². The molecular formula is C9H8ClF3O. The molecule has 0 aromatic heterocycles. The molecule has 0 unspecified atom stereocenters. The SMILES string of the molecule is Cc1ccc(OCC(F)(F)F)c(Cl)c1. The Morgan fingerprint density at radius 2 is 2.00 bits per heavy atom. The predicted octanol–water partition coefficient (Wildman–Crippen LogP) is 3.59. The molecule has 0 bridgehead atoms. The molecule has 1 aromatic carbocycles. The number of ether oxygens (including phenoxy) is 1. The molecule has 0 heterocycles. The third-order valence-corrected chi connectivity index (χ3v) is 1.77. The highest BCUT2D eigenvalue weighted by molar-refractivity contribution is 6.32. The Labute approximate surface area is 84.4 Å². The van der Waals surface area contributed by atoms with Crippen LogP contribution in [0.5, 0.6) is 5.75 Å². The molecule has 0 radical (unpaired) electrons. The molecule has 1 nitrogen and oxygen atoms in total. The lowest BCUT2D eigenvalue weighted by molar-refractivity contribution is -0.153. The van der Waals surface area contributed by atoms with Gasteiger partial charge in [0.25, 0.3) is 0 Å². The molecule has 1 aromatic rings. The van der Waals surface area contributed by atoms with Gasteiger partial charge < -0.3 is 4.74 Å². The molecule has 0 N–H and O–H groups in total. The lowest BCUT2D eigenvalue weighted by Crippen LogP contribution is -2.19. The fourth-order valence-corrected chi connectivity index (χ4v) is 1.17. The van der Waals surface area contributed by atoms with Crippen LogP contribution in [0.1, 0.15) is 5.56 Å². The summed E-state index contributed by atoms with van der Waals surface area (Å²) in [5.41, 5.74) is 0.870. The molecule has 0 saturated carbocycles. The van der Waals surface area contributed by atoms with Crippen LogP contribution in [0.2, 0.25) is 5.02 Å². The quantitative estimate of drug-likeness (QED) is 0.746. The normalized spacial score (nSPS) is 11.5. The Kier molecular flexibility index (Phi) is 3.26. The fraction of sp³-hybridized carbons (Fsp3) is 0.333. The summed E-state index contributed by atoms with van der Waals surface area (Å²) in [6.07, 6.45) is -4.34. The minimum absolute atomic E-state index is 0.0505. The van der Waals surface area contributed by atoms with Crippen LogP contribution in [0.3, 0.4) is 0 Å². The van der Waals surface area contributed by atoms with Gasteiger partial charge in [-0.2, -0.15) is 13.2 Å². The van der Waals surface area contributed by atoms with E-state index in [9.17, 15) is 13.2 Å². The van der Waals surface area contributed by atoms with Gasteiger partial charge in [0.2, 0.25) is 0 Å². The third kappa shape index (κ3) is 3.46. The van der Waals surface area contributed by atoms with Crippen LogP contribution in [0, 0.1) is 6.92 Å². The zero-order valence-corrected chi connectivity index (χ0v) is 8.12. The average molecular weight is 225 g/mol. The Morgan fingerprint density at radius 3 is 2.50 bits per heavy atom. The largest absolute Gasteiger partial charge is 0.483 e. The Bertz CT molecular complexity index is 322. The summed E-state index contributed by atoms with van der Waals surface area (Å²) in [5.74, 6) is 0.0505. The second kappa shape index (κ2) is 4.09. The van der Waals surface area contributed by atoms with Crippen molar-refractivity contribution in [2.45, 2.75) is 13.1 Å². The van der Waals surface area contributed by atoms with Crippen molar-refractivity contribution >= 4 is 11.6 Å². The minimum atomic E-state index is -4.34. The fourth-order valence-electron chi connectivity index (χ4n) is 0.883. The molecule has 0 aliphatic carbocycles. The lowest BCUT2D eigenvalue weighted by Gasteiger charge is -2.10. The van der Waals surface area contributed by atoms with Gasteiger partial charge in [0.15, 0.2) is 6.61 Å². The smallest absolute Gasteiger partial charge is 0.422 e. The summed E-state index contributed by atoms with van der Waals surface area (Å²) in [6.45, 7) is 0.467. The Balaban J connectivity index is 2.68. The Hall–Kier alpha value is -0.900. The summed E-state index contributed by atoms with van der Waals surface area (Å²) in [7, 11) is 0. The summed E-state index contributed by atoms with van der Waals surface area (Å²) >= 11 is 5.67. The van der Waals surface area contributed by atoms with E-state index in [1.165, 1.54) is 6.07 Å². The van der Waals surface area contributed by atoms with Crippen molar-refractivity contribution in [2.24, 2.45) is 0 Å². The van der Waals surface area contributed by atoms with E-state index in [0.717, 1.165) is 5.56 Å². The van der Waals surface area contributed by atoms with Gasteiger partial charge in [-0.1, -0.05) is 17.7 Å². The number of benzene rings is 1. The van der Waals surface area contributed by atoms with Crippen LogP contribution in [-0.4, -0.2) is 12.8 Å². The maximum Gasteiger partial charge on any atom is 0.422 e. The van der Waals surface area contributed by atoms with Crippen LogP contribution in [-0.2, 0) is 0 Å². The van der Waals surface area contributed by atoms with E-state index in [1.54, 1.807) is 19.1 Å². The van der Waals surface area contributed by atoms with Crippen molar-refractivity contribution in [3.63, 3.8) is 0 Å². The van der Waals surface area contributed by atoms with Crippen LogP contribution < -0.4 is 4.74 Å². The van der Waals surface area contributed by atoms with Crippen LogP contribution in [0.25, 0.3) is 0 Å². The first-order valence-electron chi connectivity index (χ1n) is 3.84. The van der Waals surface area contributed by atoms with Gasteiger partial charge in [-0.25, -0.2) is 0 Å². The van der Waals surface area contributed by atoms with Crippen LogP contribution >= 0.6 is 11.6 Å². The summed E-state index contributed by atoms with van der Waals surface area (Å²) in [4.78, 5) is 0. The molecule has 0 aliphatic heterocycles. The summed E-state index contributed by atoms with van der Waals surface area (Å²) < 4.78 is 39.9. The number of alkyl halides is 3. The molecular weight excluding hydrogens is 217 g/mol. The second-order valence-electron chi connectivity index (χ2n) is 2.84. The molecule has 0 atom stereocenters. The molecule has 0 aliphatic rings. The van der Waals surface area contributed by atoms with Gasteiger partial charge in [0.1, 0.15) is 5.75 Å². The number of halogens is 4. The number of hydrogen-bond acceptors (Lipinski definition) is 1. The number of aryl methyl sites for hydroxylation is 1. The highest BCUT2D eigenvalue weighted by Gasteiger charge is 2.28. The lowest BCUT2D eigenvalue weighted by atomic mass is 10.2. The van der Waals surface area contributed by atoms with E-state index < -0.39 is 12.8 Å². The second-order valence-corrected chi connectivity index (χ2v) is 3.24. The standard InChI is InChI=1S/C9H8ClF3O/c1-6-2-3-8(7(10)4-6)14-5-9(11,12)13/h2-4H,5H2,1H3. The predicted molar refractivity (Wildman–Crippen MR) is 47.7 cm³/mol. The van der Waals surface area contributed by atoms with Gasteiger partial charge in [0.05, 0.1) is 5.02 Å². The first-order valence-corrected chi connectivity index (χ1v) is 4.22. The third-order valence-electron chi connectivity index (χ3n) is 1.48. The van der Waals surface area contributed by atoms with E-state index in [-0.39, 0.29) is 10.8 Å². The first kappa shape index (κ1) is 11.2. The highest BCUT2D eigenvalue weighted by Crippen LogP contribution is 2.27. The molecule has 1 rings (SSSR count). The van der Waals surface area contributed by atoms with Crippen LogP contribution in [0.15, 0.2) is 18.2 Å². The van der Waals surface area contributed by atoms with E-state index in [2.05, 4.69) is 4.74 Å². The zero-order valence-electron chi connectivity index (χ0n) is 7.36. The van der Waals surface area contributed by atoms with Crippen molar-refractivity contribution in [1.82, 2.24) is 0 Å². The average Bonchev–Trinajstić information content (AvgIpc) is 2.00. The van der Waals surface area contributed by atoms with Crippen molar-refractivity contribution in [3.05, 3.63) is 28.8 Å². The molecule has 0 spiro atoms. The van der Waals surface area contributed by atoms with Gasteiger partial charge in [-0.3, -0.25) is 0 Å². The summed E-state index contributed by atoms with van der Waals surface area (Å²) in [5, 5.41) is 0.189. The molecule has 0 saturated heterocycles. The molecule has 0 fully saturated rings. The molecule has 14 heavy (non-hydrogen) atoms. The van der Waals surface area contributed by atoms with E-state index in [0.29, 0.717) is 0 Å². The highest BCUT2D eigenvalue weighted by atomic mass is 35.5. The van der Waals surface area contributed by atoms with E-state index >= 15 is 0 Å². The first-order chi connectivity index (χ1) is 6.38. The van der Waals surface area contributed by atoms with Crippen molar-refractivity contribution in [2.75, 3.05) is 6.61 Å². The number of hydrogen-bond donors (Lipinski definition) is 0.